The van der Waals surface area contributed by atoms with Gasteiger partial charge in [-0.25, -0.2) is 8.78 Å². The Morgan fingerprint density at radius 3 is 2.22 bits per heavy atom. The minimum absolute atomic E-state index is 0.0735. The average Bonchev–Trinajstić information content (AvgIpc) is 2.25. The summed E-state index contributed by atoms with van der Waals surface area (Å²) >= 11 is 0. The highest BCUT2D eigenvalue weighted by molar-refractivity contribution is 5.23. The summed E-state index contributed by atoms with van der Waals surface area (Å²) in [6.45, 7) is 10.0. The van der Waals surface area contributed by atoms with Crippen LogP contribution in [0, 0.1) is 23.5 Å². The number of hydrogen-bond acceptors (Lipinski definition) is 1. The van der Waals surface area contributed by atoms with Gasteiger partial charge in [0.05, 0.1) is 0 Å². The van der Waals surface area contributed by atoms with Gasteiger partial charge in [-0.15, -0.1) is 0 Å². The van der Waals surface area contributed by atoms with E-state index in [9.17, 15) is 8.78 Å². The van der Waals surface area contributed by atoms with Gasteiger partial charge in [0.2, 0.25) is 0 Å². The van der Waals surface area contributed by atoms with Crippen molar-refractivity contribution in [2.24, 2.45) is 11.8 Å². The lowest BCUT2D eigenvalue weighted by Crippen LogP contribution is -2.28. The first kappa shape index (κ1) is 15.1. The molecule has 1 aromatic rings. The van der Waals surface area contributed by atoms with Gasteiger partial charge >= 0.3 is 0 Å². The van der Waals surface area contributed by atoms with E-state index in [1.807, 2.05) is 0 Å². The first-order valence-electron chi connectivity index (χ1n) is 6.57. The first-order valence-corrected chi connectivity index (χ1v) is 6.57. The molecule has 1 N–H and O–H groups in total. The van der Waals surface area contributed by atoms with Crippen molar-refractivity contribution in [3.8, 4) is 0 Å². The zero-order valence-electron chi connectivity index (χ0n) is 11.6. The van der Waals surface area contributed by atoms with Gasteiger partial charge in [-0.05, 0) is 30.0 Å². The Kier molecular flexibility index (Phi) is 5.73. The predicted molar refractivity (Wildman–Crippen MR) is 71.6 cm³/mol. The largest absolute Gasteiger partial charge is 0.316 e. The second-order valence-corrected chi connectivity index (χ2v) is 5.57. The molecule has 1 rings (SSSR count). The van der Waals surface area contributed by atoms with Crippen molar-refractivity contribution in [2.75, 3.05) is 13.1 Å². The summed E-state index contributed by atoms with van der Waals surface area (Å²) in [6, 6.07) is 3.86. The molecule has 1 unspecified atom stereocenters. The van der Waals surface area contributed by atoms with Crippen LogP contribution in [-0.4, -0.2) is 13.1 Å². The van der Waals surface area contributed by atoms with E-state index in [-0.39, 0.29) is 5.92 Å². The number of halogens is 2. The molecule has 0 fully saturated rings. The standard InChI is InChI=1S/C15H23F2N/c1-10(2)8-18-9-14(11(3)4)13-6-5-12(16)7-15(13)17/h5-7,10-11,14,18H,8-9H2,1-4H3. The minimum atomic E-state index is -0.520. The molecule has 102 valence electrons. The maximum Gasteiger partial charge on any atom is 0.129 e. The maximum atomic E-state index is 13.8. The predicted octanol–water partition coefficient (Wildman–Crippen LogP) is 3.95. The summed E-state index contributed by atoms with van der Waals surface area (Å²) in [4.78, 5) is 0. The SMILES string of the molecule is CC(C)CNCC(c1ccc(F)cc1F)C(C)C. The van der Waals surface area contributed by atoms with E-state index in [1.54, 1.807) is 6.07 Å². The quantitative estimate of drug-likeness (QED) is 0.811. The third-order valence-corrected chi connectivity index (χ3v) is 3.08. The van der Waals surface area contributed by atoms with Gasteiger partial charge in [0.25, 0.3) is 0 Å². The van der Waals surface area contributed by atoms with Crippen LogP contribution in [-0.2, 0) is 0 Å². The lowest BCUT2D eigenvalue weighted by atomic mass is 9.88. The van der Waals surface area contributed by atoms with E-state index >= 15 is 0 Å². The maximum absolute atomic E-state index is 13.8. The summed E-state index contributed by atoms with van der Waals surface area (Å²) in [7, 11) is 0. The molecule has 0 amide bonds. The van der Waals surface area contributed by atoms with Crippen LogP contribution >= 0.6 is 0 Å². The number of hydrogen-bond donors (Lipinski definition) is 1. The average molecular weight is 255 g/mol. The van der Waals surface area contributed by atoms with Crippen LogP contribution in [0.25, 0.3) is 0 Å². The fourth-order valence-electron chi connectivity index (χ4n) is 2.03. The van der Waals surface area contributed by atoms with Gasteiger partial charge in [-0.2, -0.15) is 0 Å². The van der Waals surface area contributed by atoms with Crippen molar-refractivity contribution in [2.45, 2.75) is 33.6 Å². The van der Waals surface area contributed by atoms with Crippen LogP contribution in [0.5, 0.6) is 0 Å². The van der Waals surface area contributed by atoms with E-state index in [0.29, 0.717) is 17.4 Å². The molecule has 0 aromatic heterocycles. The van der Waals surface area contributed by atoms with Crippen LogP contribution in [0.4, 0.5) is 8.78 Å². The van der Waals surface area contributed by atoms with Crippen LogP contribution < -0.4 is 5.32 Å². The lowest BCUT2D eigenvalue weighted by Gasteiger charge is -2.23. The molecule has 0 saturated carbocycles. The highest BCUT2D eigenvalue weighted by atomic mass is 19.1. The Labute approximate surface area is 109 Å². The molecule has 0 aliphatic rings. The fraction of sp³-hybridized carbons (Fsp3) is 0.600. The second-order valence-electron chi connectivity index (χ2n) is 5.57. The van der Waals surface area contributed by atoms with Crippen molar-refractivity contribution in [1.29, 1.82) is 0 Å². The Morgan fingerprint density at radius 1 is 1.06 bits per heavy atom. The molecule has 3 heteroatoms. The summed E-state index contributed by atoms with van der Waals surface area (Å²) in [5.74, 6) is -0.0150. The molecule has 0 aliphatic carbocycles. The van der Waals surface area contributed by atoms with Crippen LogP contribution in [0.1, 0.15) is 39.2 Å². The molecule has 0 radical (unpaired) electrons. The third-order valence-electron chi connectivity index (χ3n) is 3.08. The summed E-state index contributed by atoms with van der Waals surface area (Å²) in [6.07, 6.45) is 0. The van der Waals surface area contributed by atoms with Gasteiger partial charge in [-0.3, -0.25) is 0 Å². The number of rotatable bonds is 6. The number of nitrogens with one attached hydrogen (secondary N) is 1. The summed E-state index contributed by atoms with van der Waals surface area (Å²) < 4.78 is 26.7. The van der Waals surface area contributed by atoms with Gasteiger partial charge in [0.15, 0.2) is 0 Å². The molecule has 1 nitrogen and oxygen atoms in total. The van der Waals surface area contributed by atoms with Crippen molar-refractivity contribution < 1.29 is 8.78 Å². The normalized spacial score (nSPS) is 13.3. The zero-order chi connectivity index (χ0) is 13.7. The monoisotopic (exact) mass is 255 g/mol. The molecule has 18 heavy (non-hydrogen) atoms. The molecule has 0 heterocycles. The van der Waals surface area contributed by atoms with Gasteiger partial charge in [-0.1, -0.05) is 33.8 Å². The zero-order valence-corrected chi connectivity index (χ0v) is 11.6. The van der Waals surface area contributed by atoms with Crippen molar-refractivity contribution in [3.05, 3.63) is 35.4 Å². The Hall–Kier alpha value is -0.960. The molecule has 0 aliphatic heterocycles. The van der Waals surface area contributed by atoms with Gasteiger partial charge < -0.3 is 5.32 Å². The summed E-state index contributed by atoms with van der Waals surface area (Å²) in [5.41, 5.74) is 0.600. The molecule has 0 bridgehead atoms. The van der Waals surface area contributed by atoms with Crippen molar-refractivity contribution >= 4 is 0 Å². The topological polar surface area (TPSA) is 12.0 Å². The highest BCUT2D eigenvalue weighted by Gasteiger charge is 2.19. The van der Waals surface area contributed by atoms with Crippen LogP contribution in [0.3, 0.4) is 0 Å². The lowest BCUT2D eigenvalue weighted by molar-refractivity contribution is 0.426. The van der Waals surface area contributed by atoms with E-state index < -0.39 is 11.6 Å². The second kappa shape index (κ2) is 6.83. The van der Waals surface area contributed by atoms with Crippen LogP contribution in [0.15, 0.2) is 18.2 Å². The molecule has 0 spiro atoms. The van der Waals surface area contributed by atoms with Gasteiger partial charge in [0, 0.05) is 18.5 Å². The first-order chi connectivity index (χ1) is 8.41. The Morgan fingerprint density at radius 2 is 1.72 bits per heavy atom. The summed E-state index contributed by atoms with van der Waals surface area (Å²) in [5, 5.41) is 3.35. The Balaban J connectivity index is 2.77. The molecular weight excluding hydrogens is 232 g/mol. The molecule has 0 saturated heterocycles. The number of benzene rings is 1. The fourth-order valence-corrected chi connectivity index (χ4v) is 2.03. The van der Waals surface area contributed by atoms with Crippen molar-refractivity contribution in [1.82, 2.24) is 5.32 Å². The van der Waals surface area contributed by atoms with Crippen LogP contribution in [0.2, 0.25) is 0 Å². The molecular formula is C15H23F2N. The van der Waals surface area contributed by atoms with E-state index in [2.05, 4.69) is 33.0 Å². The highest BCUT2D eigenvalue weighted by Crippen LogP contribution is 2.26. The Bertz CT molecular complexity index is 375. The van der Waals surface area contributed by atoms with Gasteiger partial charge in [0.1, 0.15) is 11.6 Å². The third kappa shape index (κ3) is 4.37. The molecule has 1 atom stereocenters. The van der Waals surface area contributed by atoms with E-state index in [1.165, 1.54) is 6.07 Å². The molecule has 1 aromatic carbocycles. The smallest absolute Gasteiger partial charge is 0.129 e. The van der Waals surface area contributed by atoms with Crippen molar-refractivity contribution in [3.63, 3.8) is 0 Å². The minimum Gasteiger partial charge on any atom is -0.316 e. The van der Waals surface area contributed by atoms with E-state index in [4.69, 9.17) is 0 Å². The van der Waals surface area contributed by atoms with E-state index in [0.717, 1.165) is 19.2 Å².